The van der Waals surface area contributed by atoms with E-state index in [1.807, 2.05) is 30.3 Å². The first-order valence-electron chi connectivity index (χ1n) is 11.4. The second-order valence-corrected chi connectivity index (χ2v) is 8.66. The Morgan fingerprint density at radius 3 is 2.31 bits per heavy atom. The van der Waals surface area contributed by atoms with Crippen LogP contribution in [0.25, 0.3) is 0 Å². The average Bonchev–Trinajstić information content (AvgIpc) is 3.16. The Balaban J connectivity index is 0. The van der Waals surface area contributed by atoms with Gasteiger partial charge in [0.25, 0.3) is 0 Å². The minimum absolute atomic E-state index is 0. The Morgan fingerprint density at radius 2 is 1.71 bits per heavy atom. The Morgan fingerprint density at radius 1 is 1.09 bits per heavy atom. The van der Waals surface area contributed by atoms with Gasteiger partial charge in [0.05, 0.1) is 12.6 Å². The number of carboxylic acids is 1. The molecule has 1 aromatic rings. The zero-order valence-corrected chi connectivity index (χ0v) is 24.5. The van der Waals surface area contributed by atoms with E-state index in [4.69, 9.17) is 4.74 Å². The molecule has 1 saturated heterocycles. The average molecular weight is 567 g/mol. The first kappa shape index (κ1) is 36.1. The van der Waals surface area contributed by atoms with Gasteiger partial charge in [0, 0.05) is 6.04 Å². The molecule has 202 valence electrons. The van der Waals surface area contributed by atoms with Crippen LogP contribution < -0.4 is 5.32 Å². The van der Waals surface area contributed by atoms with E-state index in [-0.39, 0.29) is 84.4 Å². The first-order chi connectivity index (χ1) is 14.9. The zero-order chi connectivity index (χ0) is 22.4. The van der Waals surface area contributed by atoms with Gasteiger partial charge in [-0.15, -0.1) is 0 Å². The van der Waals surface area contributed by atoms with Crippen LogP contribution in [0.4, 0.5) is 0 Å². The predicted molar refractivity (Wildman–Crippen MR) is 158 cm³/mol. The van der Waals surface area contributed by atoms with Crippen molar-refractivity contribution in [3.05, 3.63) is 35.9 Å². The highest BCUT2D eigenvalue weighted by Crippen LogP contribution is 2.40. The van der Waals surface area contributed by atoms with Gasteiger partial charge in [-0.05, 0) is 57.4 Å². The molecule has 7 nitrogen and oxygen atoms in total. The van der Waals surface area contributed by atoms with Crippen LogP contribution >= 0.6 is 54.0 Å². The van der Waals surface area contributed by atoms with E-state index in [9.17, 15) is 19.5 Å². The quantitative estimate of drug-likeness (QED) is 0.446. The number of nitrogens with one attached hydrogen (secondary N) is 1. The first-order valence-corrected chi connectivity index (χ1v) is 11.4. The van der Waals surface area contributed by atoms with Gasteiger partial charge in [-0.3, -0.25) is 14.9 Å². The third-order valence-corrected chi connectivity index (χ3v) is 6.58. The lowest BCUT2D eigenvalue weighted by Crippen LogP contribution is -2.55. The Bertz CT molecular complexity index is 786. The highest BCUT2D eigenvalue weighted by molar-refractivity contribution is 7.59. The fraction of sp³-hybridized carbons (Fsp3) is 0.625. The van der Waals surface area contributed by atoms with Crippen LogP contribution in [0.3, 0.4) is 0 Å². The highest BCUT2D eigenvalue weighted by atomic mass is 32.1. The number of nitrogens with zero attached hydrogens (tertiary/aromatic N) is 1. The van der Waals surface area contributed by atoms with Gasteiger partial charge in [-0.25, -0.2) is 4.79 Å². The molecule has 1 aliphatic heterocycles. The molecular weight excluding hydrogens is 525 g/mol. The number of amides is 1. The Kier molecular flexibility index (Phi) is 18.0. The van der Waals surface area contributed by atoms with Crippen molar-refractivity contribution >= 4 is 71.8 Å². The number of hydrogen-bond donors (Lipinski definition) is 2. The molecule has 2 N–H and O–H groups in total. The fourth-order valence-corrected chi connectivity index (χ4v) is 5.06. The van der Waals surface area contributed by atoms with E-state index in [1.165, 1.54) is 0 Å². The third-order valence-electron chi connectivity index (χ3n) is 6.58. The van der Waals surface area contributed by atoms with Crippen LogP contribution in [-0.4, -0.2) is 58.6 Å². The minimum atomic E-state index is -0.944. The molecule has 5 atom stereocenters. The van der Waals surface area contributed by atoms with E-state index >= 15 is 0 Å². The summed E-state index contributed by atoms with van der Waals surface area (Å²) in [6, 6.07) is 7.75. The van der Waals surface area contributed by atoms with Crippen molar-refractivity contribution in [1.29, 1.82) is 0 Å². The van der Waals surface area contributed by atoms with E-state index in [0.717, 1.165) is 31.2 Å². The topological polar surface area (TPSA) is 95.9 Å². The highest BCUT2D eigenvalue weighted by Gasteiger charge is 2.48. The van der Waals surface area contributed by atoms with Crippen LogP contribution in [0.1, 0.15) is 57.9 Å². The lowest BCUT2D eigenvalue weighted by molar-refractivity contribution is -0.152. The fourth-order valence-electron chi connectivity index (χ4n) is 5.06. The standard InChI is InChI=1S/C24H34N2O5.4H2S/c1-3-31-24(30)19(14-13-17-9-5-4-6-10-17)25-16(2)22(27)26-20-12-8-7-11-18(20)15-21(26)23(28)29;;;;/h4-6,9-10,16,18-21,25H,3,7-8,11-15H2,1-2H3,(H,28,29);4*1H2/t16-,18+,19-,20-,21-;;;;/m0..../s1. The number of carbonyl (C=O) groups excluding carboxylic acids is 2. The van der Waals surface area contributed by atoms with Gasteiger partial charge in [0.15, 0.2) is 0 Å². The van der Waals surface area contributed by atoms with Crippen molar-refractivity contribution in [1.82, 2.24) is 10.2 Å². The molecule has 0 spiro atoms. The summed E-state index contributed by atoms with van der Waals surface area (Å²) in [5, 5.41) is 12.9. The van der Waals surface area contributed by atoms with Crippen molar-refractivity contribution in [2.24, 2.45) is 5.92 Å². The molecule has 1 heterocycles. The maximum atomic E-state index is 13.4. The van der Waals surface area contributed by atoms with Gasteiger partial charge < -0.3 is 14.7 Å². The molecule has 0 aromatic heterocycles. The minimum Gasteiger partial charge on any atom is -0.480 e. The molecular formula is C24H42N2O5S4. The summed E-state index contributed by atoms with van der Waals surface area (Å²) < 4.78 is 5.22. The van der Waals surface area contributed by atoms with Gasteiger partial charge >= 0.3 is 11.9 Å². The van der Waals surface area contributed by atoms with Crippen molar-refractivity contribution in [2.45, 2.75) is 83.0 Å². The van der Waals surface area contributed by atoms with Crippen molar-refractivity contribution < 1.29 is 24.2 Å². The number of aliphatic carboxylic acids is 1. The molecule has 3 rings (SSSR count). The van der Waals surface area contributed by atoms with Crippen LogP contribution in [0.2, 0.25) is 0 Å². The van der Waals surface area contributed by atoms with Crippen molar-refractivity contribution in [3.8, 4) is 0 Å². The van der Waals surface area contributed by atoms with Crippen LogP contribution in [0.15, 0.2) is 30.3 Å². The Hall–Kier alpha value is -1.01. The van der Waals surface area contributed by atoms with Crippen LogP contribution in [-0.2, 0) is 25.5 Å². The molecule has 0 bridgehead atoms. The van der Waals surface area contributed by atoms with Gasteiger partial charge in [0.2, 0.25) is 5.91 Å². The number of rotatable bonds is 9. The zero-order valence-electron chi connectivity index (χ0n) is 20.5. The predicted octanol–water partition coefficient (Wildman–Crippen LogP) is 3.22. The smallest absolute Gasteiger partial charge is 0.326 e. The van der Waals surface area contributed by atoms with Crippen LogP contribution in [0, 0.1) is 5.92 Å². The molecule has 1 aromatic carbocycles. The summed E-state index contributed by atoms with van der Waals surface area (Å²) in [5.74, 6) is -1.31. The second kappa shape index (κ2) is 17.4. The maximum Gasteiger partial charge on any atom is 0.326 e. The molecule has 11 heteroatoms. The number of esters is 1. The number of likely N-dealkylation sites (tertiary alicyclic amines) is 1. The lowest BCUT2D eigenvalue weighted by Gasteiger charge is -2.35. The maximum absolute atomic E-state index is 13.4. The number of fused-ring (bicyclic) bond motifs is 1. The number of carbonyl (C=O) groups is 3. The van der Waals surface area contributed by atoms with Crippen molar-refractivity contribution in [3.63, 3.8) is 0 Å². The summed E-state index contributed by atoms with van der Waals surface area (Å²) in [6.07, 6.45) is 5.62. The summed E-state index contributed by atoms with van der Waals surface area (Å²) >= 11 is 0. The molecule has 1 saturated carbocycles. The van der Waals surface area contributed by atoms with Gasteiger partial charge in [0.1, 0.15) is 12.1 Å². The lowest BCUT2D eigenvalue weighted by atomic mass is 9.84. The van der Waals surface area contributed by atoms with E-state index < -0.39 is 24.1 Å². The van der Waals surface area contributed by atoms with Gasteiger partial charge in [-0.2, -0.15) is 54.0 Å². The molecule has 35 heavy (non-hydrogen) atoms. The number of ether oxygens (including phenoxy) is 1. The molecule has 1 aliphatic carbocycles. The number of benzene rings is 1. The van der Waals surface area contributed by atoms with Crippen LogP contribution in [0.5, 0.6) is 0 Å². The van der Waals surface area contributed by atoms with E-state index in [2.05, 4.69) is 5.32 Å². The largest absolute Gasteiger partial charge is 0.480 e. The summed E-state index contributed by atoms with van der Waals surface area (Å²) in [6.45, 7) is 3.74. The van der Waals surface area contributed by atoms with Crippen molar-refractivity contribution in [2.75, 3.05) is 6.61 Å². The number of carboxylic acid groups (broad SMARTS) is 1. The van der Waals surface area contributed by atoms with E-state index in [1.54, 1.807) is 18.7 Å². The number of aryl methyl sites for hydroxylation is 1. The third kappa shape index (κ3) is 9.42. The molecule has 2 aliphatic rings. The summed E-state index contributed by atoms with van der Waals surface area (Å²) in [4.78, 5) is 39.3. The molecule has 0 radical (unpaired) electrons. The monoisotopic (exact) mass is 566 g/mol. The van der Waals surface area contributed by atoms with Gasteiger partial charge in [-0.1, -0.05) is 43.2 Å². The molecule has 2 fully saturated rings. The summed E-state index contributed by atoms with van der Waals surface area (Å²) in [5.41, 5.74) is 1.10. The normalized spacial score (nSPS) is 22.0. The summed E-state index contributed by atoms with van der Waals surface area (Å²) in [7, 11) is 0. The number of hydrogen-bond acceptors (Lipinski definition) is 5. The Labute approximate surface area is 236 Å². The SMILES string of the molecule is CCOC(=O)[C@H](CCc1ccccc1)N[C@@H](C)C(=O)N1[C@H](C(=O)O)C[C@H]2CCCC[C@@H]21.S.S.S.S. The van der Waals surface area contributed by atoms with E-state index in [0.29, 0.717) is 19.3 Å². The molecule has 0 unspecified atom stereocenters. The molecule has 1 amide bonds. The second-order valence-electron chi connectivity index (χ2n) is 8.66.